The molecule has 0 atom stereocenters. The normalized spacial score (nSPS) is 19.1. The molecule has 0 spiro atoms. The van der Waals surface area contributed by atoms with Gasteiger partial charge in [0.25, 0.3) is 0 Å². The molecule has 0 bridgehead atoms. The maximum absolute atomic E-state index is 8.66. The van der Waals surface area contributed by atoms with Gasteiger partial charge in [-0.2, -0.15) is 0 Å². The molecule has 0 fully saturated rings. The molecular weight excluding hydrogens is 88.1 g/mol. The average molecular weight is 95.1 g/mol. The molecule has 37 valence electrons. The number of hydrogen-bond donors (Lipinski definition) is 1. The summed E-state index contributed by atoms with van der Waals surface area (Å²) in [5, 5.41) is 8.66. The van der Waals surface area contributed by atoms with E-state index in [0.717, 1.165) is 6.42 Å². The van der Waals surface area contributed by atoms with Crippen LogP contribution in [0, 0.1) is 6.42 Å². The Morgan fingerprint density at radius 1 is 1.57 bits per heavy atom. The molecule has 1 rings (SSSR count). The van der Waals surface area contributed by atoms with Crippen LogP contribution in [0.5, 0.6) is 0 Å². The molecule has 0 aromatic heterocycles. The van der Waals surface area contributed by atoms with Crippen molar-refractivity contribution in [1.29, 1.82) is 0 Å². The molecule has 0 saturated heterocycles. The molecule has 0 heterocycles. The Labute approximate surface area is 43.0 Å². The molecule has 7 heavy (non-hydrogen) atoms. The van der Waals surface area contributed by atoms with Crippen LogP contribution in [0.15, 0.2) is 24.0 Å². The van der Waals surface area contributed by atoms with E-state index >= 15 is 0 Å². The molecule has 0 amide bonds. The molecule has 1 radical (unpaired) electrons. The largest absolute Gasteiger partial charge is 0.512 e. The molecule has 1 nitrogen and oxygen atoms in total. The lowest BCUT2D eigenvalue weighted by atomic mass is 10.2. The van der Waals surface area contributed by atoms with Gasteiger partial charge in [-0.3, -0.25) is 0 Å². The molecule has 1 aliphatic carbocycles. The number of aliphatic hydroxyl groups excluding tert-OH is 1. The summed E-state index contributed by atoms with van der Waals surface area (Å²) in [4.78, 5) is 0. The van der Waals surface area contributed by atoms with E-state index in [1.54, 1.807) is 12.5 Å². The Bertz CT molecular complexity index is 111. The van der Waals surface area contributed by atoms with Crippen LogP contribution >= 0.6 is 0 Å². The third-order valence-corrected chi connectivity index (χ3v) is 0.866. The van der Waals surface area contributed by atoms with E-state index in [4.69, 9.17) is 5.11 Å². The van der Waals surface area contributed by atoms with Gasteiger partial charge < -0.3 is 5.11 Å². The van der Waals surface area contributed by atoms with Gasteiger partial charge in [0.15, 0.2) is 0 Å². The van der Waals surface area contributed by atoms with Gasteiger partial charge in [-0.1, -0.05) is 12.2 Å². The number of allylic oxidation sites excluding steroid dienone is 4. The summed E-state index contributed by atoms with van der Waals surface area (Å²) < 4.78 is 0. The number of hydrogen-bond acceptors (Lipinski definition) is 1. The fourth-order valence-corrected chi connectivity index (χ4v) is 0.502. The highest BCUT2D eigenvalue weighted by atomic mass is 16.3. The summed E-state index contributed by atoms with van der Waals surface area (Å²) >= 11 is 0. The monoisotopic (exact) mass is 95.0 g/mol. The fourth-order valence-electron chi connectivity index (χ4n) is 0.502. The van der Waals surface area contributed by atoms with Crippen LogP contribution < -0.4 is 0 Å². The summed E-state index contributed by atoms with van der Waals surface area (Å²) in [5.41, 5.74) is 0. The SMILES string of the molecule is OC1=CC=CC[CH]1. The summed E-state index contributed by atoms with van der Waals surface area (Å²) in [6, 6.07) is 0. The Kier molecular flexibility index (Phi) is 1.16. The third kappa shape index (κ3) is 1.07. The summed E-state index contributed by atoms with van der Waals surface area (Å²) in [5.74, 6) is 0.377. The van der Waals surface area contributed by atoms with Crippen molar-refractivity contribution in [1.82, 2.24) is 0 Å². The summed E-state index contributed by atoms with van der Waals surface area (Å²) in [7, 11) is 0. The second-order valence-corrected chi connectivity index (χ2v) is 1.46. The molecular formula is C6H7O. The number of aliphatic hydroxyl groups is 1. The lowest BCUT2D eigenvalue weighted by molar-refractivity contribution is 0.418. The predicted octanol–water partition coefficient (Wildman–Crippen LogP) is 1.59. The molecule has 0 aliphatic heterocycles. The van der Waals surface area contributed by atoms with Crippen molar-refractivity contribution in [3.63, 3.8) is 0 Å². The molecule has 0 unspecified atom stereocenters. The van der Waals surface area contributed by atoms with Crippen LogP contribution in [0.3, 0.4) is 0 Å². The third-order valence-electron chi connectivity index (χ3n) is 0.866. The van der Waals surface area contributed by atoms with Crippen LogP contribution in [0.25, 0.3) is 0 Å². The Hall–Kier alpha value is -0.720. The van der Waals surface area contributed by atoms with Gasteiger partial charge in [0.2, 0.25) is 0 Å². The zero-order chi connectivity index (χ0) is 5.11. The van der Waals surface area contributed by atoms with Crippen molar-refractivity contribution >= 4 is 0 Å². The summed E-state index contributed by atoms with van der Waals surface area (Å²) in [6.07, 6.45) is 8.13. The maximum atomic E-state index is 8.66. The standard InChI is InChI=1S/C6H7O/c7-6-4-2-1-3-5-6/h1-2,4-5,7H,3H2. The lowest BCUT2D eigenvalue weighted by Crippen LogP contribution is -1.83. The highest BCUT2D eigenvalue weighted by Crippen LogP contribution is 2.05. The first kappa shape index (κ1) is 4.44. The fraction of sp³-hybridized carbons (Fsp3) is 0.167. The quantitative estimate of drug-likeness (QED) is 0.484. The van der Waals surface area contributed by atoms with E-state index in [1.165, 1.54) is 0 Å². The highest BCUT2D eigenvalue weighted by Gasteiger charge is 1.92. The van der Waals surface area contributed by atoms with Gasteiger partial charge in [0.1, 0.15) is 0 Å². The minimum atomic E-state index is 0.377. The van der Waals surface area contributed by atoms with E-state index in [2.05, 4.69) is 0 Å². The van der Waals surface area contributed by atoms with E-state index in [-0.39, 0.29) is 0 Å². The van der Waals surface area contributed by atoms with Crippen LogP contribution in [-0.2, 0) is 0 Å². The minimum Gasteiger partial charge on any atom is -0.512 e. The zero-order valence-corrected chi connectivity index (χ0v) is 3.96. The van der Waals surface area contributed by atoms with Gasteiger partial charge >= 0.3 is 0 Å². The second-order valence-electron chi connectivity index (χ2n) is 1.46. The Morgan fingerprint density at radius 2 is 2.43 bits per heavy atom. The predicted molar refractivity (Wildman–Crippen MR) is 28.8 cm³/mol. The highest BCUT2D eigenvalue weighted by molar-refractivity contribution is 5.19. The van der Waals surface area contributed by atoms with Gasteiger partial charge in [-0.25, -0.2) is 0 Å². The molecule has 0 aromatic carbocycles. The Balaban J connectivity index is 2.57. The van der Waals surface area contributed by atoms with Crippen molar-refractivity contribution in [3.05, 3.63) is 30.4 Å². The minimum absolute atomic E-state index is 0.377. The molecule has 1 heteroatoms. The van der Waals surface area contributed by atoms with Crippen LogP contribution in [-0.4, -0.2) is 5.11 Å². The molecule has 1 N–H and O–H groups in total. The van der Waals surface area contributed by atoms with E-state index in [0.29, 0.717) is 5.76 Å². The lowest BCUT2D eigenvalue weighted by Gasteiger charge is -1.96. The first-order valence-electron chi connectivity index (χ1n) is 2.28. The average Bonchev–Trinajstić information content (AvgIpc) is 1.69. The first-order valence-corrected chi connectivity index (χ1v) is 2.28. The van der Waals surface area contributed by atoms with E-state index in [1.807, 2.05) is 12.2 Å². The first-order chi connectivity index (χ1) is 3.39. The van der Waals surface area contributed by atoms with Gasteiger partial charge in [-0.15, -0.1) is 0 Å². The zero-order valence-electron chi connectivity index (χ0n) is 3.96. The topological polar surface area (TPSA) is 20.2 Å². The number of rotatable bonds is 0. The van der Waals surface area contributed by atoms with Gasteiger partial charge in [0, 0.05) is 6.42 Å². The van der Waals surface area contributed by atoms with Crippen LogP contribution in [0.4, 0.5) is 0 Å². The molecule has 0 saturated carbocycles. The van der Waals surface area contributed by atoms with Crippen molar-refractivity contribution < 1.29 is 5.11 Å². The van der Waals surface area contributed by atoms with E-state index in [9.17, 15) is 0 Å². The van der Waals surface area contributed by atoms with Crippen molar-refractivity contribution in [2.75, 3.05) is 0 Å². The molecule has 0 aromatic rings. The van der Waals surface area contributed by atoms with Gasteiger partial charge in [0.05, 0.1) is 5.76 Å². The Morgan fingerprint density at radius 3 is 2.71 bits per heavy atom. The van der Waals surface area contributed by atoms with Crippen LogP contribution in [0.2, 0.25) is 0 Å². The molecule has 1 aliphatic rings. The van der Waals surface area contributed by atoms with Crippen molar-refractivity contribution in [3.8, 4) is 0 Å². The van der Waals surface area contributed by atoms with Crippen molar-refractivity contribution in [2.24, 2.45) is 0 Å². The van der Waals surface area contributed by atoms with Gasteiger partial charge in [-0.05, 0) is 12.5 Å². The van der Waals surface area contributed by atoms with Crippen LogP contribution in [0.1, 0.15) is 6.42 Å². The maximum Gasteiger partial charge on any atom is 0.0963 e. The van der Waals surface area contributed by atoms with Crippen molar-refractivity contribution in [2.45, 2.75) is 6.42 Å². The smallest absolute Gasteiger partial charge is 0.0963 e. The van der Waals surface area contributed by atoms with E-state index < -0.39 is 0 Å². The summed E-state index contributed by atoms with van der Waals surface area (Å²) in [6.45, 7) is 0. The second kappa shape index (κ2) is 1.82.